The molecule has 2 saturated heterocycles. The summed E-state index contributed by atoms with van der Waals surface area (Å²) < 4.78 is 0. The number of benzene rings is 3. The lowest BCUT2D eigenvalue weighted by Crippen LogP contribution is -2.61. The van der Waals surface area contributed by atoms with Crippen LogP contribution in [0.5, 0.6) is 11.5 Å². The van der Waals surface area contributed by atoms with E-state index in [1.54, 1.807) is 50.2 Å². The number of hydrogen-bond donors (Lipinski definition) is 9. The number of carbonyl (C=O) groups excluding carboxylic acids is 7. The summed E-state index contributed by atoms with van der Waals surface area (Å²) >= 11 is 0. The third-order valence-electron chi connectivity index (χ3n) is 11.6. The van der Waals surface area contributed by atoms with E-state index in [4.69, 9.17) is 11.5 Å². The van der Waals surface area contributed by atoms with E-state index in [0.717, 1.165) is 5.56 Å². The van der Waals surface area contributed by atoms with Gasteiger partial charge in [-0.05, 0) is 79.0 Å². The molecule has 19 heteroatoms. The zero-order valence-electron chi connectivity index (χ0n) is 36.4. The maximum Gasteiger partial charge on any atom is 0.326 e. The number of aliphatic carboxylic acids is 1. The monoisotopic (exact) mass is 898 g/mol. The van der Waals surface area contributed by atoms with Gasteiger partial charge in [-0.3, -0.25) is 33.6 Å². The first-order valence-electron chi connectivity index (χ1n) is 21.6. The molecule has 7 amide bonds. The Bertz CT molecular complexity index is 2190. The van der Waals surface area contributed by atoms with Gasteiger partial charge in [0.15, 0.2) is 0 Å². The predicted molar refractivity (Wildman–Crippen MR) is 235 cm³/mol. The van der Waals surface area contributed by atoms with Crippen molar-refractivity contribution in [2.24, 2.45) is 17.4 Å². The number of phenolic OH excluding ortho intramolecular Hbond substituents is 2. The van der Waals surface area contributed by atoms with Crippen molar-refractivity contribution in [2.75, 3.05) is 13.1 Å². The summed E-state index contributed by atoms with van der Waals surface area (Å²) in [4.78, 5) is 110. The standard InChI is InChI=1S/C46H58N8O11/c1-26(2)39(52-42(60)37-11-7-21-54(37)45(63)34(25-38(48)57)49-40(58)32(47)22-27-8-4-3-5-9-27)43(61)50-33(23-28-12-16-30(55)17-13-28)44(62)53-20-6-10-36(53)41(59)51-35(46(64)65)24-29-14-18-31(56)19-15-29/h3-5,8-9,12-19,26,32-37,39,55-56H,6-7,10-11,20-25,47H2,1-2H3,(H2,48,57)(H,49,58)(H,50,61)(H,51,59)(H,52,60)(H,64,65)/t32-,33-,34-,35-,36-,37-,39-/m0/s1. The van der Waals surface area contributed by atoms with Gasteiger partial charge in [0.05, 0.1) is 12.5 Å². The summed E-state index contributed by atoms with van der Waals surface area (Å²) in [6.07, 6.45) is 0.645. The smallest absolute Gasteiger partial charge is 0.326 e. The zero-order chi connectivity index (χ0) is 47.4. The van der Waals surface area contributed by atoms with E-state index in [9.17, 15) is 53.7 Å². The molecule has 7 atom stereocenters. The number of nitrogens with one attached hydrogen (secondary N) is 4. The molecule has 19 nitrogen and oxygen atoms in total. The van der Waals surface area contributed by atoms with Crippen LogP contribution in [0.3, 0.4) is 0 Å². The first kappa shape index (κ1) is 49.0. The van der Waals surface area contributed by atoms with Crippen LogP contribution in [-0.4, -0.2) is 128 Å². The summed E-state index contributed by atoms with van der Waals surface area (Å²) in [7, 11) is 0. The lowest BCUT2D eigenvalue weighted by molar-refractivity contribution is -0.145. The number of likely N-dealkylation sites (tertiary alicyclic amines) is 2. The molecule has 5 rings (SSSR count). The fraction of sp³-hybridized carbons (Fsp3) is 0.435. The van der Waals surface area contributed by atoms with E-state index in [1.807, 2.05) is 6.07 Å². The normalized spacial score (nSPS) is 18.2. The SMILES string of the molecule is CC(C)[C@H](NC(=O)[C@@H]1CCCN1C(=O)[C@H](CC(N)=O)NC(=O)[C@@H](N)Cc1ccccc1)C(=O)N[C@@H](Cc1ccc(O)cc1)C(=O)N1CCC[C@H]1C(=O)N[C@@H](Cc1ccc(O)cc1)C(=O)O. The molecule has 0 aliphatic carbocycles. The Morgan fingerprint density at radius 2 is 1.08 bits per heavy atom. The third kappa shape index (κ3) is 13.5. The van der Waals surface area contributed by atoms with Crippen molar-refractivity contribution in [3.63, 3.8) is 0 Å². The maximum absolute atomic E-state index is 14.4. The van der Waals surface area contributed by atoms with Crippen molar-refractivity contribution in [3.8, 4) is 11.5 Å². The molecule has 11 N–H and O–H groups in total. The molecule has 0 bridgehead atoms. The molecule has 0 unspecified atom stereocenters. The van der Waals surface area contributed by atoms with Crippen molar-refractivity contribution in [3.05, 3.63) is 95.6 Å². The first-order chi connectivity index (χ1) is 30.9. The minimum atomic E-state index is -1.42. The summed E-state index contributed by atoms with van der Waals surface area (Å²) in [6.45, 7) is 3.58. The van der Waals surface area contributed by atoms with E-state index >= 15 is 0 Å². The zero-order valence-corrected chi connectivity index (χ0v) is 36.4. The number of carboxylic acids is 1. The van der Waals surface area contributed by atoms with Gasteiger partial charge in [0.2, 0.25) is 41.4 Å². The van der Waals surface area contributed by atoms with Gasteiger partial charge in [-0.15, -0.1) is 0 Å². The Balaban J connectivity index is 1.30. The molecular formula is C46H58N8O11. The molecule has 0 spiro atoms. The quantitative estimate of drug-likeness (QED) is 0.0724. The third-order valence-corrected chi connectivity index (χ3v) is 11.6. The summed E-state index contributed by atoms with van der Waals surface area (Å²) in [6, 6.07) is 12.3. The lowest BCUT2D eigenvalue weighted by Gasteiger charge is -2.32. The molecule has 0 radical (unpaired) electrons. The molecule has 0 saturated carbocycles. The number of rotatable bonds is 20. The van der Waals surface area contributed by atoms with E-state index in [1.165, 1.54) is 46.2 Å². The molecule has 2 heterocycles. The minimum Gasteiger partial charge on any atom is -0.508 e. The number of aromatic hydroxyl groups is 2. The van der Waals surface area contributed by atoms with Gasteiger partial charge in [0, 0.05) is 25.9 Å². The largest absolute Gasteiger partial charge is 0.508 e. The molecule has 3 aromatic rings. The van der Waals surface area contributed by atoms with E-state index in [2.05, 4.69) is 21.3 Å². The average molecular weight is 899 g/mol. The molecule has 65 heavy (non-hydrogen) atoms. The number of nitrogens with zero attached hydrogens (tertiary/aromatic N) is 2. The molecular weight excluding hydrogens is 841 g/mol. The van der Waals surface area contributed by atoms with Crippen LogP contribution in [0.2, 0.25) is 0 Å². The fourth-order valence-electron chi connectivity index (χ4n) is 8.10. The second-order valence-electron chi connectivity index (χ2n) is 16.8. The van der Waals surface area contributed by atoms with E-state index in [0.29, 0.717) is 24.0 Å². The van der Waals surface area contributed by atoms with Gasteiger partial charge in [0.1, 0.15) is 47.8 Å². The Kier molecular flexibility index (Phi) is 17.0. The highest BCUT2D eigenvalue weighted by atomic mass is 16.4. The van der Waals surface area contributed by atoms with Gasteiger partial charge < -0.3 is 57.9 Å². The van der Waals surface area contributed by atoms with Crippen molar-refractivity contribution in [1.82, 2.24) is 31.1 Å². The van der Waals surface area contributed by atoms with Crippen molar-refractivity contribution in [1.29, 1.82) is 0 Å². The van der Waals surface area contributed by atoms with Gasteiger partial charge in [-0.1, -0.05) is 68.4 Å². The fourth-order valence-corrected chi connectivity index (χ4v) is 8.10. The molecule has 2 fully saturated rings. The topological polar surface area (TPSA) is 304 Å². The molecule has 348 valence electrons. The lowest BCUT2D eigenvalue weighted by atomic mass is 9.99. The minimum absolute atomic E-state index is 0.00966. The summed E-state index contributed by atoms with van der Waals surface area (Å²) in [5, 5.41) is 40.1. The van der Waals surface area contributed by atoms with Crippen LogP contribution in [0.15, 0.2) is 78.9 Å². The van der Waals surface area contributed by atoms with Gasteiger partial charge in [0.25, 0.3) is 0 Å². The number of carboxylic acid groups (broad SMARTS) is 1. The van der Waals surface area contributed by atoms with Crippen molar-refractivity contribution >= 4 is 47.3 Å². The molecule has 2 aliphatic heterocycles. The van der Waals surface area contributed by atoms with Gasteiger partial charge >= 0.3 is 5.97 Å². The van der Waals surface area contributed by atoms with Crippen LogP contribution in [0.4, 0.5) is 0 Å². The van der Waals surface area contributed by atoms with Crippen LogP contribution in [0, 0.1) is 5.92 Å². The first-order valence-corrected chi connectivity index (χ1v) is 21.6. The number of phenols is 2. The Labute approximate surface area is 376 Å². The Morgan fingerprint density at radius 1 is 0.615 bits per heavy atom. The number of hydrogen-bond acceptors (Lipinski definition) is 11. The van der Waals surface area contributed by atoms with Gasteiger partial charge in [-0.2, -0.15) is 0 Å². The number of primary amides is 1. The molecule has 0 aromatic heterocycles. The highest BCUT2D eigenvalue weighted by Gasteiger charge is 2.42. The summed E-state index contributed by atoms with van der Waals surface area (Å²) in [5.74, 6) is -6.96. The maximum atomic E-state index is 14.4. The van der Waals surface area contributed by atoms with Crippen LogP contribution in [0.25, 0.3) is 0 Å². The second kappa shape index (κ2) is 22.6. The van der Waals surface area contributed by atoms with E-state index < -0.39 is 102 Å². The Hall–Kier alpha value is -7.02. The second-order valence-corrected chi connectivity index (χ2v) is 16.8. The number of carbonyl (C=O) groups is 8. The van der Waals surface area contributed by atoms with Crippen LogP contribution >= 0.6 is 0 Å². The van der Waals surface area contributed by atoms with E-state index in [-0.39, 0.29) is 56.7 Å². The van der Waals surface area contributed by atoms with Crippen molar-refractivity contribution < 1.29 is 53.7 Å². The van der Waals surface area contributed by atoms with Crippen LogP contribution in [-0.2, 0) is 57.6 Å². The highest BCUT2D eigenvalue weighted by Crippen LogP contribution is 2.23. The summed E-state index contributed by atoms with van der Waals surface area (Å²) in [5.41, 5.74) is 13.5. The highest BCUT2D eigenvalue weighted by molar-refractivity contribution is 5.98. The predicted octanol–water partition coefficient (Wildman–Crippen LogP) is -0.00980. The van der Waals surface area contributed by atoms with Crippen LogP contribution in [0.1, 0.15) is 62.6 Å². The number of amides is 7. The van der Waals surface area contributed by atoms with Gasteiger partial charge in [-0.25, -0.2) is 4.79 Å². The van der Waals surface area contributed by atoms with Crippen molar-refractivity contribution in [2.45, 2.75) is 108 Å². The average Bonchev–Trinajstić information content (AvgIpc) is 3.97. The number of nitrogens with two attached hydrogens (primary N) is 2. The molecule has 3 aromatic carbocycles. The Morgan fingerprint density at radius 3 is 1.57 bits per heavy atom. The van der Waals surface area contributed by atoms with Crippen LogP contribution < -0.4 is 32.7 Å². The molecule has 2 aliphatic rings.